The minimum Gasteiger partial charge on any atom is -0.363 e. The lowest BCUT2D eigenvalue weighted by atomic mass is 10.1. The van der Waals surface area contributed by atoms with E-state index in [4.69, 9.17) is 4.52 Å². The van der Waals surface area contributed by atoms with Crippen molar-refractivity contribution in [3.63, 3.8) is 0 Å². The Balaban J connectivity index is 1.97. The summed E-state index contributed by atoms with van der Waals surface area (Å²) in [6.45, 7) is 5.94. The maximum Gasteiger partial charge on any atom is 0.139 e. The fourth-order valence-electron chi connectivity index (χ4n) is 2.51. The zero-order chi connectivity index (χ0) is 14.1. The second kappa shape index (κ2) is 4.92. The van der Waals surface area contributed by atoms with Crippen molar-refractivity contribution in [2.24, 2.45) is 0 Å². The molecule has 2 heterocycles. The Kier molecular flexibility index (Phi) is 3.10. The first-order valence-corrected chi connectivity index (χ1v) is 6.56. The maximum absolute atomic E-state index is 5.22. The normalized spacial score (nSPS) is 12.6. The summed E-state index contributed by atoms with van der Waals surface area (Å²) in [5, 5.41) is 8.42. The summed E-state index contributed by atoms with van der Waals surface area (Å²) in [7, 11) is 0. The molecule has 0 fully saturated rings. The molecule has 3 aromatic rings. The molecule has 0 amide bonds. The number of para-hydroxylation sites is 1. The third kappa shape index (κ3) is 2.11. The highest BCUT2D eigenvalue weighted by Crippen LogP contribution is 2.27. The second-order valence-electron chi connectivity index (χ2n) is 4.84. The van der Waals surface area contributed by atoms with Gasteiger partial charge in [-0.25, -0.2) is 9.97 Å². The number of fused-ring (bicyclic) bond motifs is 1. The monoisotopic (exact) mass is 268 g/mol. The first-order valence-electron chi connectivity index (χ1n) is 6.56. The molecule has 1 atom stereocenters. The summed E-state index contributed by atoms with van der Waals surface area (Å²) in [6, 6.07) is 8.01. The largest absolute Gasteiger partial charge is 0.363 e. The van der Waals surface area contributed by atoms with Crippen molar-refractivity contribution in [3.05, 3.63) is 47.6 Å². The zero-order valence-electron chi connectivity index (χ0n) is 11.7. The molecule has 1 aromatic carbocycles. The molecule has 5 heteroatoms. The van der Waals surface area contributed by atoms with Crippen LogP contribution < -0.4 is 5.32 Å². The molecule has 0 saturated heterocycles. The smallest absolute Gasteiger partial charge is 0.139 e. The molecule has 0 aliphatic rings. The zero-order valence-corrected chi connectivity index (χ0v) is 11.7. The molecule has 1 unspecified atom stereocenters. The predicted molar refractivity (Wildman–Crippen MR) is 77.6 cm³/mol. The van der Waals surface area contributed by atoms with E-state index in [0.29, 0.717) is 0 Å². The highest BCUT2D eigenvalue weighted by atomic mass is 16.5. The fraction of sp³-hybridized carbons (Fsp3) is 0.267. The Morgan fingerprint density at radius 2 is 1.95 bits per heavy atom. The van der Waals surface area contributed by atoms with E-state index >= 15 is 0 Å². The van der Waals surface area contributed by atoms with Crippen LogP contribution >= 0.6 is 0 Å². The molecular weight excluding hydrogens is 252 g/mol. The number of nitrogens with one attached hydrogen (secondary N) is 1. The lowest BCUT2D eigenvalue weighted by Crippen LogP contribution is -2.10. The Labute approximate surface area is 117 Å². The van der Waals surface area contributed by atoms with Gasteiger partial charge in [0.25, 0.3) is 0 Å². The minimum atomic E-state index is 0.0690. The third-order valence-corrected chi connectivity index (χ3v) is 3.42. The van der Waals surface area contributed by atoms with Gasteiger partial charge in [-0.15, -0.1) is 0 Å². The molecule has 1 N–H and O–H groups in total. The number of aromatic nitrogens is 3. The van der Waals surface area contributed by atoms with Gasteiger partial charge in [-0.1, -0.05) is 17.3 Å². The van der Waals surface area contributed by atoms with Crippen molar-refractivity contribution in [2.75, 3.05) is 5.32 Å². The van der Waals surface area contributed by atoms with Gasteiger partial charge in [0, 0.05) is 10.9 Å². The molecule has 2 aromatic heterocycles. The Morgan fingerprint density at radius 3 is 2.70 bits per heavy atom. The summed E-state index contributed by atoms with van der Waals surface area (Å²) in [5.74, 6) is 1.66. The van der Waals surface area contributed by atoms with Crippen LogP contribution in [-0.2, 0) is 0 Å². The Hall–Kier alpha value is -2.43. The van der Waals surface area contributed by atoms with E-state index in [1.807, 2.05) is 38.1 Å². The number of hydrogen-bond donors (Lipinski definition) is 1. The number of aryl methyl sites for hydroxylation is 2. The molecule has 0 radical (unpaired) electrons. The van der Waals surface area contributed by atoms with Crippen LogP contribution in [0.3, 0.4) is 0 Å². The van der Waals surface area contributed by atoms with Gasteiger partial charge in [0.1, 0.15) is 17.9 Å². The van der Waals surface area contributed by atoms with Crippen LogP contribution in [0.15, 0.2) is 35.1 Å². The SMILES string of the molecule is Cc1noc(C)c1C(C)Nc1ncnc2ccccc12. The molecule has 20 heavy (non-hydrogen) atoms. The highest BCUT2D eigenvalue weighted by Gasteiger charge is 2.17. The van der Waals surface area contributed by atoms with Crippen LogP contribution in [0.2, 0.25) is 0 Å². The van der Waals surface area contributed by atoms with Crippen molar-refractivity contribution >= 4 is 16.7 Å². The highest BCUT2D eigenvalue weighted by molar-refractivity contribution is 5.88. The van der Waals surface area contributed by atoms with Gasteiger partial charge in [0.05, 0.1) is 17.3 Å². The minimum absolute atomic E-state index is 0.0690. The molecule has 102 valence electrons. The van der Waals surface area contributed by atoms with Gasteiger partial charge in [-0.3, -0.25) is 0 Å². The van der Waals surface area contributed by atoms with Crippen molar-refractivity contribution in [1.82, 2.24) is 15.1 Å². The molecule has 0 spiro atoms. The van der Waals surface area contributed by atoms with Crippen LogP contribution in [0, 0.1) is 13.8 Å². The number of anilines is 1. The van der Waals surface area contributed by atoms with Crippen molar-refractivity contribution in [3.8, 4) is 0 Å². The van der Waals surface area contributed by atoms with Crippen LogP contribution in [0.25, 0.3) is 10.9 Å². The lowest BCUT2D eigenvalue weighted by molar-refractivity contribution is 0.392. The predicted octanol–water partition coefficient (Wildman–Crippen LogP) is 3.41. The maximum atomic E-state index is 5.22. The Bertz CT molecular complexity index is 726. The number of hydrogen-bond acceptors (Lipinski definition) is 5. The topological polar surface area (TPSA) is 63.8 Å². The van der Waals surface area contributed by atoms with E-state index in [2.05, 4.69) is 27.4 Å². The van der Waals surface area contributed by atoms with Gasteiger partial charge < -0.3 is 9.84 Å². The fourth-order valence-corrected chi connectivity index (χ4v) is 2.51. The number of rotatable bonds is 3. The molecule has 3 rings (SSSR count). The van der Waals surface area contributed by atoms with Crippen molar-refractivity contribution in [2.45, 2.75) is 26.8 Å². The van der Waals surface area contributed by atoms with E-state index in [-0.39, 0.29) is 6.04 Å². The number of nitrogens with zero attached hydrogens (tertiary/aromatic N) is 3. The van der Waals surface area contributed by atoms with Gasteiger partial charge in [-0.2, -0.15) is 0 Å². The third-order valence-electron chi connectivity index (χ3n) is 3.42. The van der Waals surface area contributed by atoms with Crippen LogP contribution in [0.1, 0.15) is 30.0 Å². The van der Waals surface area contributed by atoms with Gasteiger partial charge in [0.2, 0.25) is 0 Å². The average Bonchev–Trinajstić information content (AvgIpc) is 2.78. The quantitative estimate of drug-likeness (QED) is 0.788. The molecular formula is C15H16N4O. The summed E-state index contributed by atoms with van der Waals surface area (Å²) >= 11 is 0. The van der Waals surface area contributed by atoms with Crippen LogP contribution in [0.4, 0.5) is 5.82 Å². The van der Waals surface area contributed by atoms with Crippen LogP contribution in [-0.4, -0.2) is 15.1 Å². The summed E-state index contributed by atoms with van der Waals surface area (Å²) in [4.78, 5) is 8.61. The van der Waals surface area contributed by atoms with Crippen molar-refractivity contribution in [1.29, 1.82) is 0 Å². The van der Waals surface area contributed by atoms with E-state index in [0.717, 1.165) is 33.7 Å². The van der Waals surface area contributed by atoms with Crippen LogP contribution in [0.5, 0.6) is 0 Å². The molecule has 0 bridgehead atoms. The lowest BCUT2D eigenvalue weighted by Gasteiger charge is -2.15. The Morgan fingerprint density at radius 1 is 1.15 bits per heavy atom. The number of benzene rings is 1. The molecule has 0 aliphatic heterocycles. The van der Waals surface area contributed by atoms with E-state index < -0.39 is 0 Å². The first kappa shape index (κ1) is 12.6. The van der Waals surface area contributed by atoms with Gasteiger partial charge in [-0.05, 0) is 32.9 Å². The average molecular weight is 268 g/mol. The first-order chi connectivity index (χ1) is 9.66. The van der Waals surface area contributed by atoms with E-state index in [1.54, 1.807) is 6.33 Å². The molecule has 0 aliphatic carbocycles. The van der Waals surface area contributed by atoms with E-state index in [9.17, 15) is 0 Å². The second-order valence-corrected chi connectivity index (χ2v) is 4.84. The standard InChI is InChI=1S/C15H16N4O/c1-9(14-10(2)19-20-11(14)3)18-15-12-6-4-5-7-13(12)16-8-17-15/h4-9H,1-3H3,(H,16,17,18). The van der Waals surface area contributed by atoms with Gasteiger partial charge >= 0.3 is 0 Å². The summed E-state index contributed by atoms with van der Waals surface area (Å²) < 4.78 is 5.22. The summed E-state index contributed by atoms with van der Waals surface area (Å²) in [5.41, 5.74) is 2.91. The van der Waals surface area contributed by atoms with Gasteiger partial charge in [0.15, 0.2) is 0 Å². The molecule has 0 saturated carbocycles. The molecule has 5 nitrogen and oxygen atoms in total. The van der Waals surface area contributed by atoms with Crippen molar-refractivity contribution < 1.29 is 4.52 Å². The summed E-state index contributed by atoms with van der Waals surface area (Å²) in [6.07, 6.45) is 1.57. The van der Waals surface area contributed by atoms with E-state index in [1.165, 1.54) is 0 Å².